The predicted molar refractivity (Wildman–Crippen MR) is 37.5 cm³/mol. The number of carbonyl (C=O) groups is 1. The number of likely N-dealkylation sites (N-methyl/N-ethyl adjacent to an activating group) is 1. The molecule has 1 rings (SSSR count). The summed E-state index contributed by atoms with van der Waals surface area (Å²) in [5.41, 5.74) is 0. The average Bonchev–Trinajstić information content (AvgIpc) is 2.09. The molecule has 10 heavy (non-hydrogen) atoms. The van der Waals surface area contributed by atoms with Crippen LogP contribution in [0.4, 0.5) is 4.79 Å². The monoisotopic (exact) mass is 141 g/mol. The first kappa shape index (κ1) is 7.12. The number of hydrogen-bond donors (Lipinski definition) is 0. The molecule has 56 valence electrons. The van der Waals surface area contributed by atoms with E-state index < -0.39 is 0 Å². The molecule has 0 radical (unpaired) electrons. The minimum Gasteiger partial charge on any atom is -0.413 e. The minimum atomic E-state index is -0.278. The molecule has 3 heteroatoms. The van der Waals surface area contributed by atoms with Crippen LogP contribution in [0, 0.1) is 0 Å². The second-order valence-corrected chi connectivity index (χ2v) is 2.30. The number of hydrogen-bond acceptors (Lipinski definition) is 2. The van der Waals surface area contributed by atoms with Gasteiger partial charge >= 0.3 is 6.09 Å². The first-order valence-electron chi connectivity index (χ1n) is 3.34. The van der Waals surface area contributed by atoms with E-state index in [0.29, 0.717) is 12.3 Å². The van der Waals surface area contributed by atoms with Crippen molar-refractivity contribution in [1.82, 2.24) is 4.90 Å². The zero-order valence-corrected chi connectivity index (χ0v) is 6.26. The van der Waals surface area contributed by atoms with Gasteiger partial charge < -0.3 is 4.74 Å². The Bertz CT molecular complexity index is 176. The van der Waals surface area contributed by atoms with Gasteiger partial charge in [-0.05, 0) is 13.8 Å². The topological polar surface area (TPSA) is 29.5 Å². The van der Waals surface area contributed by atoms with Crippen LogP contribution in [-0.2, 0) is 4.74 Å². The molecule has 0 N–H and O–H groups in total. The normalized spacial score (nSPS) is 25.4. The van der Waals surface area contributed by atoms with Gasteiger partial charge in [0, 0.05) is 6.54 Å². The zero-order valence-electron chi connectivity index (χ0n) is 6.26. The number of amides is 1. The highest BCUT2D eigenvalue weighted by Crippen LogP contribution is 2.19. The van der Waals surface area contributed by atoms with E-state index in [1.165, 1.54) is 0 Å². The Morgan fingerprint density at radius 2 is 2.40 bits per heavy atom. The second kappa shape index (κ2) is 2.33. The summed E-state index contributed by atoms with van der Waals surface area (Å²) in [6, 6.07) is 0.0394. The van der Waals surface area contributed by atoms with Crippen molar-refractivity contribution < 1.29 is 9.53 Å². The third-order valence-electron chi connectivity index (χ3n) is 1.73. The van der Waals surface area contributed by atoms with E-state index in [9.17, 15) is 4.79 Å². The lowest BCUT2D eigenvalue weighted by Crippen LogP contribution is -2.30. The number of ether oxygens (including phenoxy) is 1. The Kier molecular flexibility index (Phi) is 1.66. The molecule has 3 nitrogen and oxygen atoms in total. The zero-order chi connectivity index (χ0) is 7.72. The average molecular weight is 141 g/mol. The van der Waals surface area contributed by atoms with Gasteiger partial charge in [0.15, 0.2) is 0 Å². The van der Waals surface area contributed by atoms with Crippen LogP contribution in [0.5, 0.6) is 0 Å². The highest BCUT2D eigenvalue weighted by molar-refractivity contribution is 5.72. The lowest BCUT2D eigenvalue weighted by molar-refractivity contribution is 0.168. The molecule has 0 bridgehead atoms. The standard InChI is InChI=1S/C7H11NO2/c1-4-8-5(2)6(3)10-7(8)9/h5H,3-4H2,1-2H3. The summed E-state index contributed by atoms with van der Waals surface area (Å²) in [5, 5.41) is 0. The molecule has 1 aliphatic heterocycles. The molecule has 1 unspecified atom stereocenters. The van der Waals surface area contributed by atoms with Crippen molar-refractivity contribution >= 4 is 6.09 Å². The fourth-order valence-corrected chi connectivity index (χ4v) is 0.991. The van der Waals surface area contributed by atoms with Crippen LogP contribution in [0.3, 0.4) is 0 Å². The number of carbonyl (C=O) groups excluding carboxylic acids is 1. The summed E-state index contributed by atoms with van der Waals surface area (Å²) in [6.45, 7) is 8.09. The molecule has 0 aromatic heterocycles. The van der Waals surface area contributed by atoms with E-state index in [1.54, 1.807) is 4.90 Å². The van der Waals surface area contributed by atoms with E-state index in [0.717, 1.165) is 0 Å². The van der Waals surface area contributed by atoms with Crippen molar-refractivity contribution in [3.05, 3.63) is 12.3 Å². The molecule has 0 saturated carbocycles. The number of rotatable bonds is 1. The van der Waals surface area contributed by atoms with Crippen LogP contribution < -0.4 is 0 Å². The lowest BCUT2D eigenvalue weighted by Gasteiger charge is -2.13. The molecule has 1 aliphatic rings. The highest BCUT2D eigenvalue weighted by Gasteiger charge is 2.31. The Labute approximate surface area is 60.3 Å². The van der Waals surface area contributed by atoms with Gasteiger partial charge in [-0.3, -0.25) is 4.90 Å². The van der Waals surface area contributed by atoms with Crippen molar-refractivity contribution in [3.63, 3.8) is 0 Å². The smallest absolute Gasteiger partial charge is 0.413 e. The predicted octanol–water partition coefficient (Wildman–Crippen LogP) is 1.36. The Hall–Kier alpha value is -0.990. The third kappa shape index (κ3) is 0.875. The van der Waals surface area contributed by atoms with Gasteiger partial charge in [-0.15, -0.1) is 0 Å². The maximum atomic E-state index is 10.9. The molecular formula is C7H11NO2. The SMILES string of the molecule is C=C1OC(=O)N(CC)C1C. The second-order valence-electron chi connectivity index (χ2n) is 2.30. The van der Waals surface area contributed by atoms with Crippen molar-refractivity contribution in [3.8, 4) is 0 Å². The Balaban J connectivity index is 2.73. The summed E-state index contributed by atoms with van der Waals surface area (Å²) in [6.07, 6.45) is -0.278. The Morgan fingerprint density at radius 1 is 1.80 bits per heavy atom. The first-order valence-corrected chi connectivity index (χ1v) is 3.34. The molecule has 1 saturated heterocycles. The van der Waals surface area contributed by atoms with Crippen LogP contribution >= 0.6 is 0 Å². The van der Waals surface area contributed by atoms with Crippen molar-refractivity contribution in [1.29, 1.82) is 0 Å². The summed E-state index contributed by atoms with van der Waals surface area (Å²) in [4.78, 5) is 12.5. The quantitative estimate of drug-likeness (QED) is 0.551. The van der Waals surface area contributed by atoms with Crippen LogP contribution in [0.1, 0.15) is 13.8 Å². The largest absolute Gasteiger partial charge is 0.415 e. The molecule has 1 atom stereocenters. The first-order chi connectivity index (χ1) is 4.66. The summed E-state index contributed by atoms with van der Waals surface area (Å²) in [7, 11) is 0. The molecule has 0 aromatic rings. The summed E-state index contributed by atoms with van der Waals surface area (Å²) in [5.74, 6) is 0.548. The van der Waals surface area contributed by atoms with Crippen molar-refractivity contribution in [2.24, 2.45) is 0 Å². The molecular weight excluding hydrogens is 130 g/mol. The highest BCUT2D eigenvalue weighted by atomic mass is 16.6. The maximum absolute atomic E-state index is 10.9. The number of nitrogens with zero attached hydrogens (tertiary/aromatic N) is 1. The molecule has 1 fully saturated rings. The summed E-state index contributed by atoms with van der Waals surface area (Å²) < 4.78 is 4.77. The third-order valence-corrected chi connectivity index (χ3v) is 1.73. The van der Waals surface area contributed by atoms with Gasteiger partial charge in [-0.25, -0.2) is 4.79 Å². The van der Waals surface area contributed by atoms with Crippen LogP contribution in [0.15, 0.2) is 12.3 Å². The molecule has 0 aliphatic carbocycles. The van der Waals surface area contributed by atoms with Crippen molar-refractivity contribution in [2.45, 2.75) is 19.9 Å². The molecule has 1 amide bonds. The van der Waals surface area contributed by atoms with Crippen LogP contribution in [-0.4, -0.2) is 23.6 Å². The van der Waals surface area contributed by atoms with Gasteiger partial charge in [0.05, 0.1) is 6.04 Å². The molecule has 1 heterocycles. The van der Waals surface area contributed by atoms with Crippen LogP contribution in [0.2, 0.25) is 0 Å². The van der Waals surface area contributed by atoms with E-state index in [1.807, 2.05) is 13.8 Å². The number of cyclic esters (lactones) is 1. The van der Waals surface area contributed by atoms with E-state index in [2.05, 4.69) is 6.58 Å². The Morgan fingerprint density at radius 3 is 2.60 bits per heavy atom. The van der Waals surface area contributed by atoms with Crippen LogP contribution in [0.25, 0.3) is 0 Å². The van der Waals surface area contributed by atoms with Gasteiger partial charge in [-0.1, -0.05) is 6.58 Å². The van der Waals surface area contributed by atoms with Gasteiger partial charge in [0.25, 0.3) is 0 Å². The van der Waals surface area contributed by atoms with Gasteiger partial charge in [0.2, 0.25) is 0 Å². The summed E-state index contributed by atoms with van der Waals surface area (Å²) >= 11 is 0. The minimum absolute atomic E-state index is 0.0394. The van der Waals surface area contributed by atoms with Gasteiger partial charge in [0.1, 0.15) is 5.76 Å². The lowest BCUT2D eigenvalue weighted by atomic mass is 10.3. The van der Waals surface area contributed by atoms with Crippen molar-refractivity contribution in [2.75, 3.05) is 6.54 Å². The van der Waals surface area contributed by atoms with E-state index in [4.69, 9.17) is 4.74 Å². The molecule has 0 spiro atoms. The van der Waals surface area contributed by atoms with Gasteiger partial charge in [-0.2, -0.15) is 0 Å². The fourth-order valence-electron chi connectivity index (χ4n) is 0.991. The van der Waals surface area contributed by atoms with E-state index in [-0.39, 0.29) is 12.1 Å². The maximum Gasteiger partial charge on any atom is 0.415 e. The molecule has 0 aromatic carbocycles. The van der Waals surface area contributed by atoms with E-state index >= 15 is 0 Å². The fraction of sp³-hybridized carbons (Fsp3) is 0.571.